The van der Waals surface area contributed by atoms with Crippen LogP contribution in [0.15, 0.2) is 47.4 Å². The summed E-state index contributed by atoms with van der Waals surface area (Å²) in [5.74, 6) is -0.0321. The lowest BCUT2D eigenvalue weighted by atomic mass is 10.2. The Morgan fingerprint density at radius 2 is 1.95 bits per heavy atom. The van der Waals surface area contributed by atoms with Gasteiger partial charge in [-0.15, -0.1) is 0 Å². The molecule has 0 atom stereocenters. The number of carbonyl (C=O) groups is 1. The van der Waals surface area contributed by atoms with Crippen LogP contribution in [-0.2, 0) is 10.0 Å². The first-order valence-corrected chi connectivity index (χ1v) is 8.66. The fraction of sp³-hybridized carbons (Fsp3) is 0.0714. The molecule has 0 spiro atoms. The minimum Gasteiger partial charge on any atom is -0.496 e. The predicted molar refractivity (Wildman–Crippen MR) is 91.5 cm³/mol. The summed E-state index contributed by atoms with van der Waals surface area (Å²) < 4.78 is 32.9. The van der Waals surface area contributed by atoms with Crippen LogP contribution in [0.1, 0.15) is 10.4 Å². The number of primary amides is 1. The molecule has 0 saturated carbocycles. The zero-order valence-electron chi connectivity index (χ0n) is 11.5. The topological polar surface area (TPSA) is 98.5 Å². The summed E-state index contributed by atoms with van der Waals surface area (Å²) in [4.78, 5) is 11.2. The first-order chi connectivity index (χ1) is 10.3. The van der Waals surface area contributed by atoms with Crippen molar-refractivity contribution in [3.63, 3.8) is 0 Å². The van der Waals surface area contributed by atoms with E-state index in [1.807, 2.05) is 22.6 Å². The van der Waals surface area contributed by atoms with Crippen molar-refractivity contribution in [2.45, 2.75) is 4.90 Å². The molecular weight excluding hydrogens is 419 g/mol. The summed E-state index contributed by atoms with van der Waals surface area (Å²) in [5, 5.41) is 0. The molecule has 0 saturated heterocycles. The van der Waals surface area contributed by atoms with Gasteiger partial charge in [-0.3, -0.25) is 9.52 Å². The number of nitrogens with one attached hydrogen (secondary N) is 1. The highest BCUT2D eigenvalue weighted by Gasteiger charge is 2.16. The van der Waals surface area contributed by atoms with Crippen LogP contribution < -0.4 is 15.2 Å². The first kappa shape index (κ1) is 16.6. The van der Waals surface area contributed by atoms with Gasteiger partial charge in [0.2, 0.25) is 5.91 Å². The van der Waals surface area contributed by atoms with E-state index in [9.17, 15) is 13.2 Å². The number of benzene rings is 2. The molecule has 6 nitrogen and oxygen atoms in total. The van der Waals surface area contributed by atoms with Crippen LogP contribution in [0.4, 0.5) is 5.69 Å². The normalized spacial score (nSPS) is 11.0. The van der Waals surface area contributed by atoms with Crippen LogP contribution in [0.2, 0.25) is 0 Å². The van der Waals surface area contributed by atoms with Crippen LogP contribution in [0, 0.1) is 3.57 Å². The van der Waals surface area contributed by atoms with Gasteiger partial charge in [0.25, 0.3) is 10.0 Å². The zero-order chi connectivity index (χ0) is 16.3. The number of anilines is 1. The highest BCUT2D eigenvalue weighted by Crippen LogP contribution is 2.25. The van der Waals surface area contributed by atoms with E-state index >= 15 is 0 Å². The van der Waals surface area contributed by atoms with E-state index in [2.05, 4.69) is 4.72 Å². The maximum Gasteiger partial charge on any atom is 0.261 e. The number of rotatable bonds is 5. The van der Waals surface area contributed by atoms with Crippen molar-refractivity contribution >= 4 is 44.2 Å². The van der Waals surface area contributed by atoms with Gasteiger partial charge < -0.3 is 10.5 Å². The molecule has 0 aliphatic rings. The number of carbonyl (C=O) groups excluding carboxylic acids is 1. The number of methoxy groups -OCH3 is 1. The second-order valence-electron chi connectivity index (χ2n) is 4.35. The lowest BCUT2D eigenvalue weighted by molar-refractivity contribution is 0.100. The summed E-state index contributed by atoms with van der Waals surface area (Å²) in [6.45, 7) is 0. The zero-order valence-corrected chi connectivity index (χ0v) is 14.5. The van der Waals surface area contributed by atoms with Gasteiger partial charge in [0.15, 0.2) is 0 Å². The Bertz CT molecular complexity index is 821. The minimum atomic E-state index is -3.77. The van der Waals surface area contributed by atoms with Gasteiger partial charge in [-0.2, -0.15) is 0 Å². The smallest absolute Gasteiger partial charge is 0.261 e. The quantitative estimate of drug-likeness (QED) is 0.708. The SMILES string of the molecule is COc1ccc(S(=O)(=O)Nc2cccc(C(N)=O)c2)cc1I. The predicted octanol–water partition coefficient (Wildman–Crippen LogP) is 2.20. The summed E-state index contributed by atoms with van der Waals surface area (Å²) in [5.41, 5.74) is 5.67. The second kappa shape index (κ2) is 6.53. The van der Waals surface area contributed by atoms with Gasteiger partial charge >= 0.3 is 0 Å². The first-order valence-electron chi connectivity index (χ1n) is 6.10. The molecule has 0 bridgehead atoms. The van der Waals surface area contributed by atoms with Gasteiger partial charge in [0.1, 0.15) is 5.75 Å². The van der Waals surface area contributed by atoms with E-state index in [1.165, 1.54) is 31.4 Å². The van der Waals surface area contributed by atoms with Crippen LogP contribution in [0.3, 0.4) is 0 Å². The Morgan fingerprint density at radius 1 is 1.23 bits per heavy atom. The summed E-state index contributed by atoms with van der Waals surface area (Å²) in [6, 6.07) is 10.5. The number of hydrogen-bond donors (Lipinski definition) is 2. The van der Waals surface area contributed by atoms with Crippen LogP contribution in [0.25, 0.3) is 0 Å². The van der Waals surface area contributed by atoms with E-state index in [0.29, 0.717) is 9.32 Å². The molecule has 2 rings (SSSR count). The number of nitrogens with two attached hydrogens (primary N) is 1. The minimum absolute atomic E-state index is 0.0992. The van der Waals surface area contributed by atoms with E-state index in [0.717, 1.165) is 0 Å². The van der Waals surface area contributed by atoms with Crippen molar-refractivity contribution in [1.82, 2.24) is 0 Å². The van der Waals surface area contributed by atoms with Crippen molar-refractivity contribution in [1.29, 1.82) is 0 Å². The number of sulfonamides is 1. The molecule has 0 aliphatic carbocycles. The molecule has 116 valence electrons. The molecule has 2 aromatic rings. The number of ether oxygens (including phenoxy) is 1. The monoisotopic (exact) mass is 432 g/mol. The van der Waals surface area contributed by atoms with Crippen molar-refractivity contribution in [3.8, 4) is 5.75 Å². The van der Waals surface area contributed by atoms with E-state index in [1.54, 1.807) is 18.2 Å². The van der Waals surface area contributed by atoms with Gasteiger partial charge in [-0.05, 0) is 59.0 Å². The third kappa shape index (κ3) is 3.69. The Morgan fingerprint density at radius 3 is 2.55 bits per heavy atom. The molecule has 3 N–H and O–H groups in total. The number of hydrogen-bond acceptors (Lipinski definition) is 4. The molecule has 22 heavy (non-hydrogen) atoms. The molecular formula is C14H13IN2O4S. The highest BCUT2D eigenvalue weighted by atomic mass is 127. The second-order valence-corrected chi connectivity index (χ2v) is 7.19. The maximum absolute atomic E-state index is 12.4. The maximum atomic E-state index is 12.4. The molecule has 0 aromatic heterocycles. The van der Waals surface area contributed by atoms with Gasteiger partial charge in [-0.25, -0.2) is 8.42 Å². The molecule has 0 radical (unpaired) electrons. The Balaban J connectivity index is 2.33. The fourth-order valence-corrected chi connectivity index (χ4v) is 3.79. The molecule has 0 fully saturated rings. The average molecular weight is 432 g/mol. The Kier molecular flexibility index (Phi) is 4.91. The molecule has 0 heterocycles. The van der Waals surface area contributed by atoms with E-state index < -0.39 is 15.9 Å². The van der Waals surface area contributed by atoms with Crippen LogP contribution in [0.5, 0.6) is 5.75 Å². The lowest BCUT2D eigenvalue weighted by Crippen LogP contribution is -2.15. The molecule has 0 unspecified atom stereocenters. The summed E-state index contributed by atoms with van der Waals surface area (Å²) in [6.07, 6.45) is 0. The number of amides is 1. The summed E-state index contributed by atoms with van der Waals surface area (Å²) in [7, 11) is -2.25. The Hall–Kier alpha value is -1.81. The van der Waals surface area contributed by atoms with Gasteiger partial charge in [-0.1, -0.05) is 6.07 Å². The number of halogens is 1. The van der Waals surface area contributed by atoms with Crippen molar-refractivity contribution in [2.75, 3.05) is 11.8 Å². The van der Waals surface area contributed by atoms with Gasteiger partial charge in [0, 0.05) is 11.3 Å². The Labute approximate surface area is 141 Å². The van der Waals surface area contributed by atoms with E-state index in [4.69, 9.17) is 10.5 Å². The van der Waals surface area contributed by atoms with Crippen molar-refractivity contribution in [2.24, 2.45) is 5.73 Å². The molecule has 2 aromatic carbocycles. The van der Waals surface area contributed by atoms with E-state index in [-0.39, 0.29) is 16.1 Å². The molecule has 8 heteroatoms. The molecule has 0 aliphatic heterocycles. The van der Waals surface area contributed by atoms with Crippen LogP contribution >= 0.6 is 22.6 Å². The molecule has 1 amide bonds. The lowest BCUT2D eigenvalue weighted by Gasteiger charge is -2.10. The largest absolute Gasteiger partial charge is 0.496 e. The van der Waals surface area contributed by atoms with Crippen molar-refractivity contribution in [3.05, 3.63) is 51.6 Å². The third-order valence-corrected chi connectivity index (χ3v) is 5.05. The average Bonchev–Trinajstić information content (AvgIpc) is 2.47. The highest BCUT2D eigenvalue weighted by molar-refractivity contribution is 14.1. The standard InChI is InChI=1S/C14H13IN2O4S/c1-21-13-6-5-11(8-12(13)15)22(19,20)17-10-4-2-3-9(7-10)14(16)18/h2-8,17H,1H3,(H2,16,18). The van der Waals surface area contributed by atoms with Crippen molar-refractivity contribution < 1.29 is 17.9 Å². The fourth-order valence-electron chi connectivity index (χ4n) is 1.76. The summed E-state index contributed by atoms with van der Waals surface area (Å²) >= 11 is 1.99. The third-order valence-electron chi connectivity index (χ3n) is 2.83. The van der Waals surface area contributed by atoms with Crippen LogP contribution in [-0.4, -0.2) is 21.4 Å². The van der Waals surface area contributed by atoms with Gasteiger partial charge in [0.05, 0.1) is 15.6 Å².